The quantitative estimate of drug-likeness (QED) is 0.0927. The number of unbranched alkanes of at least 4 members (excludes halogenated alkanes) is 5. The SMILES string of the molecule is [2H]C(O[C@H]1[C@H](O)[C@H](OC([2H])c2ccccc2)C(OCCCCCCCCC(=O)OC)O[C@@H]1CO[C@@H]1O[C@H](CO)[C@@H](O)[C@H](O)[C@H]1NC(C)=O)c1ccccc1. The van der Waals surface area contributed by atoms with Crippen LogP contribution in [0.5, 0.6) is 0 Å². The van der Waals surface area contributed by atoms with E-state index in [1.807, 2.05) is 0 Å². The molecule has 14 heteroatoms. The third kappa shape index (κ3) is 12.8. The Morgan fingerprint density at radius 3 is 1.90 bits per heavy atom. The number of hydrogen-bond donors (Lipinski definition) is 5. The summed E-state index contributed by atoms with van der Waals surface area (Å²) < 4.78 is 58.8. The van der Waals surface area contributed by atoms with E-state index in [1.165, 1.54) is 14.0 Å². The van der Waals surface area contributed by atoms with Crippen LogP contribution in [-0.4, -0.2) is 121 Å². The zero-order valence-electron chi connectivity index (χ0n) is 31.7. The number of carbonyl (C=O) groups is 2. The van der Waals surface area contributed by atoms with Crippen LogP contribution >= 0.6 is 0 Å². The van der Waals surface area contributed by atoms with Crippen molar-refractivity contribution in [1.82, 2.24) is 5.32 Å². The summed E-state index contributed by atoms with van der Waals surface area (Å²) in [6, 6.07) is 16.2. The Morgan fingerprint density at radius 2 is 1.31 bits per heavy atom. The van der Waals surface area contributed by atoms with Gasteiger partial charge in [0.1, 0.15) is 48.8 Å². The summed E-state index contributed by atoms with van der Waals surface area (Å²) >= 11 is 0. The van der Waals surface area contributed by atoms with Crippen LogP contribution in [-0.2, 0) is 55.9 Å². The summed E-state index contributed by atoms with van der Waals surface area (Å²) in [4.78, 5) is 23.4. The fourth-order valence-electron chi connectivity index (χ4n) is 6.04. The molecular weight excluding hydrogens is 678 g/mol. The summed E-state index contributed by atoms with van der Waals surface area (Å²) in [5, 5.41) is 45.5. The minimum absolute atomic E-state index is 0.218. The van der Waals surface area contributed by atoms with Gasteiger partial charge in [0.15, 0.2) is 12.6 Å². The molecule has 0 radical (unpaired) electrons. The van der Waals surface area contributed by atoms with Crippen molar-refractivity contribution in [1.29, 1.82) is 0 Å². The molecule has 0 saturated carbocycles. The standard InChI is InChI=1S/C38H55NO13/c1-25(41)39-31-33(44)32(43)28(21-40)51-37(31)50-24-29-35(48-22-26-15-9-7-10-16-26)34(45)36(49-23-27-17-11-8-12-18-27)38(52-29)47-20-14-6-4-3-5-13-19-30(42)46-2/h7-12,15-18,28-29,31-38,40,43-45H,3-6,13-14,19-24H2,1-2H3,(H,39,41)/t28-,29-,31-,32-,33-,34+,35-,36+,37-,38?/m1/s1/i22D,23D/t22?,23?,28-,29-,31-,32-,33-,34+,35-,36+,37-,38?. The van der Waals surface area contributed by atoms with Crippen LogP contribution in [0.4, 0.5) is 0 Å². The molecule has 2 aliphatic rings. The average Bonchev–Trinajstić information content (AvgIpc) is 3.18. The Hall–Kier alpha value is -3.02. The lowest BCUT2D eigenvalue weighted by atomic mass is 9.96. The number of nitrogens with one attached hydrogen (secondary N) is 1. The molecule has 2 fully saturated rings. The van der Waals surface area contributed by atoms with Gasteiger partial charge in [-0.3, -0.25) is 9.59 Å². The maximum atomic E-state index is 12.0. The Bertz CT molecular complexity index is 1380. The maximum Gasteiger partial charge on any atom is 0.305 e. The molecule has 14 nitrogen and oxygen atoms in total. The van der Waals surface area contributed by atoms with Crippen LogP contribution in [0.15, 0.2) is 60.7 Å². The summed E-state index contributed by atoms with van der Waals surface area (Å²) in [7, 11) is 1.37. The summed E-state index contributed by atoms with van der Waals surface area (Å²) in [6.07, 6.45) is -6.75. The van der Waals surface area contributed by atoms with Gasteiger partial charge in [-0.15, -0.1) is 0 Å². The minimum atomic E-state index is -1.56. The number of ether oxygens (including phenoxy) is 7. The lowest BCUT2D eigenvalue weighted by Gasteiger charge is -2.45. The van der Waals surface area contributed by atoms with Crippen LogP contribution in [0.1, 0.15) is 65.7 Å². The van der Waals surface area contributed by atoms with Crippen LogP contribution in [0, 0.1) is 0 Å². The highest BCUT2D eigenvalue weighted by Gasteiger charge is 2.50. The van der Waals surface area contributed by atoms with Crippen LogP contribution in [0.3, 0.4) is 0 Å². The van der Waals surface area contributed by atoms with E-state index in [-0.39, 0.29) is 19.2 Å². The molecule has 2 aromatic carbocycles. The second kappa shape index (κ2) is 22.3. The zero-order chi connectivity index (χ0) is 39.0. The lowest BCUT2D eigenvalue weighted by Crippen LogP contribution is -2.65. The van der Waals surface area contributed by atoms with Gasteiger partial charge in [-0.1, -0.05) is 86.3 Å². The third-order valence-electron chi connectivity index (χ3n) is 8.90. The maximum absolute atomic E-state index is 12.0. The molecule has 290 valence electrons. The molecule has 1 amide bonds. The van der Waals surface area contributed by atoms with E-state index in [9.17, 15) is 30.0 Å². The number of rotatable bonds is 21. The lowest BCUT2D eigenvalue weighted by molar-refractivity contribution is -0.332. The number of benzene rings is 2. The van der Waals surface area contributed by atoms with Gasteiger partial charge in [-0.2, -0.15) is 0 Å². The van der Waals surface area contributed by atoms with Crippen molar-refractivity contribution in [2.75, 3.05) is 26.9 Å². The van der Waals surface area contributed by atoms with Crippen LogP contribution in [0.2, 0.25) is 0 Å². The van der Waals surface area contributed by atoms with Crippen molar-refractivity contribution in [2.24, 2.45) is 0 Å². The Labute approximate surface area is 308 Å². The van der Waals surface area contributed by atoms with E-state index in [0.717, 1.165) is 32.1 Å². The summed E-state index contributed by atoms with van der Waals surface area (Å²) in [5.41, 5.74) is 1.02. The highest BCUT2D eigenvalue weighted by molar-refractivity contribution is 5.73. The van der Waals surface area contributed by atoms with Crippen LogP contribution in [0.25, 0.3) is 0 Å². The first-order valence-electron chi connectivity index (χ1n) is 19.0. The van der Waals surface area contributed by atoms with Gasteiger partial charge in [0, 0.05) is 20.0 Å². The van der Waals surface area contributed by atoms with Crippen LogP contribution < -0.4 is 5.32 Å². The van der Waals surface area contributed by atoms with Crippen molar-refractivity contribution in [3.63, 3.8) is 0 Å². The van der Waals surface area contributed by atoms with Crippen molar-refractivity contribution < 1.29 is 65.9 Å². The molecule has 2 aromatic rings. The highest BCUT2D eigenvalue weighted by atomic mass is 16.7. The molecule has 0 spiro atoms. The Morgan fingerprint density at radius 1 is 0.731 bits per heavy atom. The van der Waals surface area contributed by atoms with E-state index in [1.54, 1.807) is 60.7 Å². The number of amides is 1. The predicted molar refractivity (Wildman–Crippen MR) is 186 cm³/mol. The van der Waals surface area contributed by atoms with Gasteiger partial charge in [0.2, 0.25) is 5.91 Å². The second-order valence-electron chi connectivity index (χ2n) is 12.9. The van der Waals surface area contributed by atoms with Gasteiger partial charge in [-0.25, -0.2) is 0 Å². The van der Waals surface area contributed by atoms with E-state index < -0.39 is 87.0 Å². The summed E-state index contributed by atoms with van der Waals surface area (Å²) in [6.45, 7) is -2.11. The van der Waals surface area contributed by atoms with E-state index >= 15 is 0 Å². The fraction of sp³-hybridized carbons (Fsp3) is 0.632. The number of aliphatic hydroxyl groups excluding tert-OH is 4. The normalized spacial score (nSPS) is 30.8. The van der Waals surface area contributed by atoms with Gasteiger partial charge in [0.25, 0.3) is 0 Å². The van der Waals surface area contributed by atoms with Gasteiger partial charge in [-0.05, 0) is 24.0 Å². The van der Waals surface area contributed by atoms with Gasteiger partial charge < -0.3 is 58.9 Å². The van der Waals surface area contributed by atoms with Crippen molar-refractivity contribution in [2.45, 2.75) is 126 Å². The van der Waals surface area contributed by atoms with E-state index in [0.29, 0.717) is 24.0 Å². The first kappa shape index (κ1) is 38.7. The van der Waals surface area contributed by atoms with E-state index in [2.05, 4.69) is 10.1 Å². The molecule has 0 bridgehead atoms. The highest BCUT2D eigenvalue weighted by Crippen LogP contribution is 2.30. The zero-order valence-corrected chi connectivity index (χ0v) is 29.7. The van der Waals surface area contributed by atoms with Crippen molar-refractivity contribution in [3.05, 3.63) is 71.8 Å². The smallest absolute Gasteiger partial charge is 0.305 e. The predicted octanol–water partition coefficient (Wildman–Crippen LogP) is 2.12. The minimum Gasteiger partial charge on any atom is -0.469 e. The topological polar surface area (TPSA) is 192 Å². The molecule has 12 atom stereocenters. The number of aliphatic hydroxyl groups is 4. The first-order valence-corrected chi connectivity index (χ1v) is 17.8. The first-order chi connectivity index (χ1) is 26.0. The number of hydrogen-bond acceptors (Lipinski definition) is 13. The Kier molecular flexibility index (Phi) is 16.6. The molecule has 4 rings (SSSR count). The molecule has 52 heavy (non-hydrogen) atoms. The molecule has 5 N–H and O–H groups in total. The van der Waals surface area contributed by atoms with Gasteiger partial charge >= 0.3 is 5.97 Å². The van der Waals surface area contributed by atoms with Gasteiger partial charge in [0.05, 0.1) is 36.2 Å². The molecule has 2 aliphatic heterocycles. The molecule has 0 aromatic heterocycles. The number of esters is 1. The number of carbonyl (C=O) groups excluding carboxylic acids is 2. The second-order valence-corrected chi connectivity index (χ2v) is 12.9. The molecule has 2 heterocycles. The molecule has 0 aliphatic carbocycles. The molecule has 3 unspecified atom stereocenters. The Balaban J connectivity index is 1.52. The molecule has 2 saturated heterocycles. The monoisotopic (exact) mass is 735 g/mol. The fourth-order valence-corrected chi connectivity index (χ4v) is 6.04. The van der Waals surface area contributed by atoms with Crippen molar-refractivity contribution in [3.8, 4) is 0 Å². The number of methoxy groups -OCH3 is 1. The third-order valence-corrected chi connectivity index (χ3v) is 8.90. The summed E-state index contributed by atoms with van der Waals surface area (Å²) in [5.74, 6) is -0.759. The largest absolute Gasteiger partial charge is 0.469 e. The van der Waals surface area contributed by atoms with Crippen molar-refractivity contribution >= 4 is 11.9 Å². The molecular formula is C38H55NO13. The average molecular weight is 736 g/mol. The van der Waals surface area contributed by atoms with E-state index in [4.69, 9.17) is 31.2 Å².